The molecular formula is C20H21ClN4O3. The van der Waals surface area contributed by atoms with E-state index in [-0.39, 0.29) is 18.0 Å². The number of anilines is 1. The molecular weight excluding hydrogens is 380 g/mol. The predicted molar refractivity (Wildman–Crippen MR) is 108 cm³/mol. The molecule has 146 valence electrons. The fourth-order valence-electron chi connectivity index (χ4n) is 2.87. The number of carbonyl (C=O) groups excluding carboxylic acids is 2. The molecule has 0 bridgehead atoms. The first-order valence-corrected chi connectivity index (χ1v) is 9.34. The largest absolute Gasteiger partial charge is 0.462 e. The number of aryl methyl sites for hydroxylation is 2. The molecule has 28 heavy (non-hydrogen) atoms. The third kappa shape index (κ3) is 3.71. The van der Waals surface area contributed by atoms with Crippen LogP contribution in [0.4, 0.5) is 5.82 Å². The first-order valence-electron chi connectivity index (χ1n) is 8.91. The van der Waals surface area contributed by atoms with Crippen LogP contribution in [0.5, 0.6) is 0 Å². The van der Waals surface area contributed by atoms with E-state index in [0.717, 1.165) is 22.0 Å². The Morgan fingerprint density at radius 1 is 1.29 bits per heavy atom. The van der Waals surface area contributed by atoms with Crippen molar-refractivity contribution in [3.05, 3.63) is 47.2 Å². The second kappa shape index (κ2) is 7.98. The molecule has 0 radical (unpaired) electrons. The molecule has 1 N–H and O–H groups in total. The Labute approximate surface area is 167 Å². The number of esters is 1. The van der Waals surface area contributed by atoms with Gasteiger partial charge in [0.1, 0.15) is 10.9 Å². The average molecular weight is 401 g/mol. The zero-order chi connectivity index (χ0) is 20.4. The molecule has 8 heteroatoms. The van der Waals surface area contributed by atoms with Gasteiger partial charge >= 0.3 is 5.97 Å². The molecule has 0 saturated carbocycles. The number of ether oxygens (including phenoxy) is 1. The molecule has 0 spiro atoms. The maximum absolute atomic E-state index is 12.3. The topological polar surface area (TPSA) is 86.1 Å². The van der Waals surface area contributed by atoms with Gasteiger partial charge in [-0.1, -0.05) is 18.2 Å². The van der Waals surface area contributed by atoms with Gasteiger partial charge in [0, 0.05) is 5.39 Å². The first-order chi connectivity index (χ1) is 13.3. The van der Waals surface area contributed by atoms with Crippen LogP contribution in [0, 0.1) is 13.8 Å². The Balaban J connectivity index is 2.18. The third-order valence-electron chi connectivity index (χ3n) is 4.32. The summed E-state index contributed by atoms with van der Waals surface area (Å²) in [4.78, 5) is 29.2. The Hall–Kier alpha value is -2.93. The van der Waals surface area contributed by atoms with Crippen molar-refractivity contribution in [2.75, 3.05) is 11.9 Å². The minimum absolute atomic E-state index is 0.136. The molecule has 7 nitrogen and oxygen atoms in total. The van der Waals surface area contributed by atoms with E-state index >= 15 is 0 Å². The van der Waals surface area contributed by atoms with E-state index in [1.807, 2.05) is 38.1 Å². The number of halogens is 1. The summed E-state index contributed by atoms with van der Waals surface area (Å²) in [6, 6.07) is 7.80. The predicted octanol–water partition coefficient (Wildman–Crippen LogP) is 3.78. The lowest BCUT2D eigenvalue weighted by molar-refractivity contribution is -0.115. The summed E-state index contributed by atoms with van der Waals surface area (Å²) >= 11 is 5.89. The molecule has 1 amide bonds. The van der Waals surface area contributed by atoms with E-state index in [0.29, 0.717) is 5.82 Å². The van der Waals surface area contributed by atoms with Crippen LogP contribution in [0.15, 0.2) is 30.5 Å². The standard InChI is InChI=1S/C20H21ClN4O3/c1-5-28-20(27)15-10-22-25(18(15)24-19(26)13(4)21)16-9-12(3)14-8-6-7-11(2)17(14)23-16/h6-10,13H,5H2,1-4H3,(H,24,26). The zero-order valence-electron chi connectivity index (χ0n) is 16.1. The Morgan fingerprint density at radius 2 is 2.04 bits per heavy atom. The summed E-state index contributed by atoms with van der Waals surface area (Å²) in [5.74, 6) is -0.384. The average Bonchev–Trinajstić information content (AvgIpc) is 3.06. The van der Waals surface area contributed by atoms with Crippen molar-refractivity contribution in [1.29, 1.82) is 0 Å². The number of nitrogens with zero attached hydrogens (tertiary/aromatic N) is 3. The van der Waals surface area contributed by atoms with Gasteiger partial charge in [0.25, 0.3) is 0 Å². The van der Waals surface area contributed by atoms with Crippen molar-refractivity contribution in [2.45, 2.75) is 33.1 Å². The van der Waals surface area contributed by atoms with Crippen molar-refractivity contribution in [1.82, 2.24) is 14.8 Å². The number of fused-ring (bicyclic) bond motifs is 1. The molecule has 0 saturated heterocycles. The quantitative estimate of drug-likeness (QED) is 0.520. The number of carbonyl (C=O) groups is 2. The molecule has 1 atom stereocenters. The number of benzene rings is 1. The maximum Gasteiger partial charge on any atom is 0.343 e. The number of pyridine rings is 1. The lowest BCUT2D eigenvalue weighted by atomic mass is 10.1. The highest BCUT2D eigenvalue weighted by Gasteiger charge is 2.23. The highest BCUT2D eigenvalue weighted by Crippen LogP contribution is 2.26. The van der Waals surface area contributed by atoms with E-state index in [1.165, 1.54) is 10.9 Å². The Kier molecular flexibility index (Phi) is 5.65. The van der Waals surface area contributed by atoms with Crippen LogP contribution in [0.2, 0.25) is 0 Å². The Morgan fingerprint density at radius 3 is 2.71 bits per heavy atom. The summed E-state index contributed by atoms with van der Waals surface area (Å²) in [7, 11) is 0. The van der Waals surface area contributed by atoms with Crippen molar-refractivity contribution in [3.63, 3.8) is 0 Å². The van der Waals surface area contributed by atoms with Crippen LogP contribution >= 0.6 is 11.6 Å². The zero-order valence-corrected chi connectivity index (χ0v) is 16.9. The monoisotopic (exact) mass is 400 g/mol. The van der Waals surface area contributed by atoms with Crippen molar-refractivity contribution in [3.8, 4) is 5.82 Å². The SMILES string of the molecule is CCOC(=O)c1cnn(-c2cc(C)c3cccc(C)c3n2)c1NC(=O)C(C)Cl. The van der Waals surface area contributed by atoms with Gasteiger partial charge in [-0.05, 0) is 44.9 Å². The number of para-hydroxylation sites is 1. The molecule has 3 rings (SSSR count). The molecule has 2 aromatic heterocycles. The van der Waals surface area contributed by atoms with E-state index in [4.69, 9.17) is 21.3 Å². The second-order valence-corrected chi connectivity index (χ2v) is 7.07. The van der Waals surface area contributed by atoms with Gasteiger partial charge in [0.05, 0.1) is 18.3 Å². The number of rotatable bonds is 5. The summed E-state index contributed by atoms with van der Waals surface area (Å²) in [6.07, 6.45) is 1.35. The van der Waals surface area contributed by atoms with Gasteiger partial charge in [-0.2, -0.15) is 9.78 Å². The van der Waals surface area contributed by atoms with E-state index < -0.39 is 17.3 Å². The summed E-state index contributed by atoms with van der Waals surface area (Å²) < 4.78 is 6.49. The van der Waals surface area contributed by atoms with E-state index in [9.17, 15) is 9.59 Å². The van der Waals surface area contributed by atoms with E-state index in [2.05, 4.69) is 10.4 Å². The molecule has 0 aliphatic carbocycles. The minimum Gasteiger partial charge on any atom is -0.462 e. The second-order valence-electron chi connectivity index (χ2n) is 6.41. The molecule has 3 aromatic rings. The number of alkyl halides is 1. The summed E-state index contributed by atoms with van der Waals surface area (Å²) in [5.41, 5.74) is 2.98. The summed E-state index contributed by atoms with van der Waals surface area (Å²) in [5, 5.41) is 7.19. The molecule has 0 fully saturated rings. The molecule has 0 aliphatic heterocycles. The van der Waals surface area contributed by atoms with Gasteiger partial charge in [-0.25, -0.2) is 9.78 Å². The number of nitrogens with one attached hydrogen (secondary N) is 1. The van der Waals surface area contributed by atoms with Crippen LogP contribution in [-0.2, 0) is 9.53 Å². The first kappa shape index (κ1) is 19.8. The van der Waals surface area contributed by atoms with Crippen LogP contribution in [0.25, 0.3) is 16.7 Å². The highest BCUT2D eigenvalue weighted by atomic mass is 35.5. The van der Waals surface area contributed by atoms with Crippen molar-refractivity contribution < 1.29 is 14.3 Å². The molecule has 2 heterocycles. The normalized spacial score (nSPS) is 12.0. The van der Waals surface area contributed by atoms with Crippen molar-refractivity contribution in [2.24, 2.45) is 0 Å². The number of hydrogen-bond donors (Lipinski definition) is 1. The maximum atomic E-state index is 12.3. The molecule has 1 aromatic carbocycles. The van der Waals surface area contributed by atoms with Gasteiger partial charge in [-0.15, -0.1) is 11.6 Å². The lowest BCUT2D eigenvalue weighted by Crippen LogP contribution is -2.24. The van der Waals surface area contributed by atoms with Crippen LogP contribution < -0.4 is 5.32 Å². The smallest absolute Gasteiger partial charge is 0.343 e. The lowest BCUT2D eigenvalue weighted by Gasteiger charge is -2.13. The Bertz CT molecular complexity index is 1060. The summed E-state index contributed by atoms with van der Waals surface area (Å²) in [6.45, 7) is 7.41. The van der Waals surface area contributed by atoms with Crippen LogP contribution in [0.1, 0.15) is 35.3 Å². The van der Waals surface area contributed by atoms with Gasteiger partial charge in [0.15, 0.2) is 11.6 Å². The number of aromatic nitrogens is 3. The highest BCUT2D eigenvalue weighted by molar-refractivity contribution is 6.32. The van der Waals surface area contributed by atoms with Gasteiger partial charge in [-0.3, -0.25) is 4.79 Å². The fraction of sp³-hybridized carbons (Fsp3) is 0.300. The van der Waals surface area contributed by atoms with Crippen molar-refractivity contribution >= 4 is 40.2 Å². The number of amides is 1. The van der Waals surface area contributed by atoms with Gasteiger partial charge < -0.3 is 10.1 Å². The van der Waals surface area contributed by atoms with Gasteiger partial charge in [0.2, 0.25) is 5.91 Å². The van der Waals surface area contributed by atoms with Crippen LogP contribution in [-0.4, -0.2) is 38.6 Å². The third-order valence-corrected chi connectivity index (χ3v) is 4.52. The van der Waals surface area contributed by atoms with Crippen LogP contribution in [0.3, 0.4) is 0 Å². The fourth-order valence-corrected chi connectivity index (χ4v) is 2.92. The van der Waals surface area contributed by atoms with E-state index in [1.54, 1.807) is 13.8 Å². The minimum atomic E-state index is -0.785. The molecule has 1 unspecified atom stereocenters. The molecule has 0 aliphatic rings. The number of hydrogen-bond acceptors (Lipinski definition) is 5.